The molecule has 0 saturated carbocycles. The first-order valence-electron chi connectivity index (χ1n) is 11.8. The molecule has 0 bridgehead atoms. The molecule has 1 atom stereocenters. The lowest BCUT2D eigenvalue weighted by Gasteiger charge is -2.35. The van der Waals surface area contributed by atoms with Crippen molar-refractivity contribution in [3.63, 3.8) is 0 Å². The summed E-state index contributed by atoms with van der Waals surface area (Å²) in [6.07, 6.45) is 15.7. The van der Waals surface area contributed by atoms with Crippen LogP contribution in [0.5, 0.6) is 0 Å². The van der Waals surface area contributed by atoms with Crippen LogP contribution in [0.25, 0.3) is 17.7 Å². The Bertz CT molecular complexity index is 1400. The summed E-state index contributed by atoms with van der Waals surface area (Å²) in [5, 5.41) is 0.702. The van der Waals surface area contributed by atoms with E-state index in [1.54, 1.807) is 10.6 Å². The lowest BCUT2D eigenvalue weighted by Crippen LogP contribution is -2.39. The topological polar surface area (TPSA) is 68.1 Å². The van der Waals surface area contributed by atoms with Gasteiger partial charge < -0.3 is 4.57 Å². The first kappa shape index (κ1) is 24.0. The van der Waals surface area contributed by atoms with Crippen molar-refractivity contribution in [1.29, 1.82) is 0 Å². The van der Waals surface area contributed by atoms with E-state index in [0.717, 1.165) is 41.8 Å². The van der Waals surface area contributed by atoms with Gasteiger partial charge in [-0.15, -0.1) is 0 Å². The monoisotopic (exact) mass is 508 g/mol. The fraction of sp³-hybridized carbons (Fsp3) is 0.333. The molecule has 1 unspecified atom stereocenters. The molecule has 0 radical (unpaired) electrons. The fourth-order valence-electron chi connectivity index (χ4n) is 5.32. The van der Waals surface area contributed by atoms with Crippen molar-refractivity contribution in [3.8, 4) is 0 Å². The average Bonchev–Trinajstić information content (AvgIpc) is 3.19. The summed E-state index contributed by atoms with van der Waals surface area (Å²) in [6, 6.07) is 10.2. The Morgan fingerprint density at radius 1 is 1.17 bits per heavy atom. The maximum Gasteiger partial charge on any atom is 0.211 e. The van der Waals surface area contributed by atoms with Crippen molar-refractivity contribution < 1.29 is 8.42 Å². The number of imidazole rings is 1. The number of benzene rings is 1. The molecular formula is C27H29ClN4O2S. The van der Waals surface area contributed by atoms with E-state index in [-0.39, 0.29) is 5.92 Å². The number of nitrogens with zero attached hydrogens (tertiary/aromatic N) is 4. The third-order valence-electron chi connectivity index (χ3n) is 6.98. The highest BCUT2D eigenvalue weighted by Crippen LogP contribution is 2.45. The number of aromatic nitrogens is 3. The van der Waals surface area contributed by atoms with E-state index in [1.807, 2.05) is 48.3 Å². The van der Waals surface area contributed by atoms with Crippen molar-refractivity contribution in [3.05, 3.63) is 88.2 Å². The van der Waals surface area contributed by atoms with Gasteiger partial charge in [-0.3, -0.25) is 4.98 Å². The minimum atomic E-state index is -3.18. The molecule has 6 nitrogen and oxygen atoms in total. The number of pyridine rings is 1. The highest BCUT2D eigenvalue weighted by atomic mass is 35.5. The third-order valence-corrected chi connectivity index (χ3v) is 8.52. The largest absolute Gasteiger partial charge is 0.340 e. The second-order valence-electron chi connectivity index (χ2n) is 9.43. The summed E-state index contributed by atoms with van der Waals surface area (Å²) in [5.74, 6) is 0.368. The van der Waals surface area contributed by atoms with Gasteiger partial charge in [0.2, 0.25) is 10.0 Å². The number of sulfonamides is 1. The molecule has 1 aromatic carbocycles. The lowest BCUT2D eigenvalue weighted by atomic mass is 9.76. The summed E-state index contributed by atoms with van der Waals surface area (Å²) >= 11 is 6.44. The summed E-state index contributed by atoms with van der Waals surface area (Å²) in [5.41, 5.74) is 6.61. The molecule has 8 heteroatoms. The van der Waals surface area contributed by atoms with Crippen LogP contribution in [-0.4, -0.2) is 46.6 Å². The molecule has 2 aliphatic rings. The lowest BCUT2D eigenvalue weighted by molar-refractivity contribution is 0.256. The van der Waals surface area contributed by atoms with E-state index >= 15 is 0 Å². The number of halogens is 1. The van der Waals surface area contributed by atoms with Gasteiger partial charge >= 0.3 is 0 Å². The van der Waals surface area contributed by atoms with Crippen molar-refractivity contribution in [2.75, 3.05) is 19.3 Å². The maximum atomic E-state index is 12.1. The molecule has 3 heterocycles. The Hall–Kier alpha value is -2.74. The molecule has 1 aliphatic heterocycles. The number of allylic oxidation sites excluding steroid dienone is 2. The van der Waals surface area contributed by atoms with Crippen LogP contribution in [0.1, 0.15) is 53.3 Å². The van der Waals surface area contributed by atoms with Crippen molar-refractivity contribution in [1.82, 2.24) is 18.8 Å². The smallest absolute Gasteiger partial charge is 0.211 e. The summed E-state index contributed by atoms with van der Waals surface area (Å²) in [7, 11) is -1.22. The van der Waals surface area contributed by atoms with E-state index in [4.69, 9.17) is 16.6 Å². The predicted molar refractivity (Wildman–Crippen MR) is 141 cm³/mol. The highest BCUT2D eigenvalue weighted by Gasteiger charge is 2.35. The SMILES string of the molecule is Cn1cnc(/C=C/CC2=Cc3cc(Cl)ccc3C(C3CCN(S(C)(=O)=O)CC3)c3ncccc32)c1. The van der Waals surface area contributed by atoms with Crippen molar-refractivity contribution in [2.24, 2.45) is 13.0 Å². The van der Waals surface area contributed by atoms with Crippen LogP contribution < -0.4 is 0 Å². The molecule has 2 aromatic heterocycles. The van der Waals surface area contributed by atoms with Gasteiger partial charge in [-0.2, -0.15) is 0 Å². The summed E-state index contributed by atoms with van der Waals surface area (Å²) in [6.45, 7) is 1.08. The molecule has 182 valence electrons. The normalized spacial score (nSPS) is 19.3. The molecule has 0 spiro atoms. The Labute approximate surface area is 212 Å². The minimum Gasteiger partial charge on any atom is -0.340 e. The molecule has 1 aliphatic carbocycles. The van der Waals surface area contributed by atoms with E-state index in [0.29, 0.717) is 24.0 Å². The first-order valence-corrected chi connectivity index (χ1v) is 14.1. The maximum absolute atomic E-state index is 12.1. The Morgan fingerprint density at radius 3 is 2.69 bits per heavy atom. The van der Waals surface area contributed by atoms with Crippen LogP contribution >= 0.6 is 11.6 Å². The number of fused-ring (bicyclic) bond motifs is 2. The number of hydrogen-bond donors (Lipinski definition) is 0. The minimum absolute atomic E-state index is 0.0775. The van der Waals surface area contributed by atoms with Gasteiger partial charge in [0.1, 0.15) is 0 Å². The molecule has 3 aromatic rings. The molecule has 0 amide bonds. The van der Waals surface area contributed by atoms with Crippen LogP contribution in [0.2, 0.25) is 5.02 Å². The zero-order chi connectivity index (χ0) is 24.6. The Kier molecular flexibility index (Phi) is 6.66. The van der Waals surface area contributed by atoms with Crippen LogP contribution in [0.3, 0.4) is 0 Å². The quantitative estimate of drug-likeness (QED) is 0.473. The van der Waals surface area contributed by atoms with Gasteiger partial charge in [0.25, 0.3) is 0 Å². The van der Waals surface area contributed by atoms with Crippen LogP contribution in [-0.2, 0) is 17.1 Å². The molecule has 1 fully saturated rings. The number of aryl methyl sites for hydroxylation is 1. The number of piperidine rings is 1. The summed E-state index contributed by atoms with van der Waals surface area (Å²) < 4.78 is 27.7. The average molecular weight is 509 g/mol. The zero-order valence-electron chi connectivity index (χ0n) is 19.9. The van der Waals surface area contributed by atoms with Crippen LogP contribution in [0.15, 0.2) is 55.1 Å². The second kappa shape index (κ2) is 9.72. The van der Waals surface area contributed by atoms with E-state index < -0.39 is 10.0 Å². The van der Waals surface area contributed by atoms with E-state index in [9.17, 15) is 8.42 Å². The molecular weight excluding hydrogens is 480 g/mol. The van der Waals surface area contributed by atoms with Crippen molar-refractivity contribution in [2.45, 2.75) is 25.2 Å². The number of hydrogen-bond acceptors (Lipinski definition) is 4. The van der Waals surface area contributed by atoms with Gasteiger partial charge in [-0.05, 0) is 66.2 Å². The molecule has 35 heavy (non-hydrogen) atoms. The van der Waals surface area contributed by atoms with Crippen LogP contribution in [0.4, 0.5) is 0 Å². The fourth-order valence-corrected chi connectivity index (χ4v) is 6.37. The number of rotatable bonds is 5. The molecule has 1 saturated heterocycles. The first-order chi connectivity index (χ1) is 16.8. The van der Waals surface area contributed by atoms with Gasteiger partial charge in [0.15, 0.2) is 0 Å². The van der Waals surface area contributed by atoms with E-state index in [1.165, 1.54) is 17.4 Å². The van der Waals surface area contributed by atoms with Gasteiger partial charge in [-0.25, -0.2) is 17.7 Å². The van der Waals surface area contributed by atoms with Gasteiger partial charge in [0.05, 0.1) is 24.0 Å². The standard InChI is InChI=1S/C27H29ClN4O2S/c1-31-17-23(30-18-31)6-3-5-20-15-21-16-22(28)8-9-24(21)26(27-25(20)7-4-12-29-27)19-10-13-32(14-11-19)35(2,33)34/h3-4,6-9,12,15-19,26H,5,10-11,13-14H2,1-2H3/b6-3+. The van der Waals surface area contributed by atoms with Crippen molar-refractivity contribution >= 4 is 39.3 Å². The third kappa shape index (κ3) is 5.13. The molecule has 5 rings (SSSR count). The Balaban J connectivity index is 1.53. The molecule has 0 N–H and O–H groups in total. The predicted octanol–water partition coefficient (Wildman–Crippen LogP) is 5.23. The summed E-state index contributed by atoms with van der Waals surface area (Å²) in [4.78, 5) is 9.28. The highest BCUT2D eigenvalue weighted by molar-refractivity contribution is 7.88. The van der Waals surface area contributed by atoms with Crippen LogP contribution in [0, 0.1) is 5.92 Å². The van der Waals surface area contributed by atoms with Gasteiger partial charge in [0, 0.05) is 49.0 Å². The van der Waals surface area contributed by atoms with E-state index in [2.05, 4.69) is 29.3 Å². The second-order valence-corrected chi connectivity index (χ2v) is 11.8. The zero-order valence-corrected chi connectivity index (χ0v) is 21.5. The Morgan fingerprint density at radius 2 is 1.97 bits per heavy atom. The van der Waals surface area contributed by atoms with Gasteiger partial charge in [-0.1, -0.05) is 35.9 Å².